The van der Waals surface area contributed by atoms with E-state index in [0.29, 0.717) is 0 Å². The minimum absolute atomic E-state index is 0.162. The SMILES string of the molecule is C#CCn1nn[nH]c1=O. The van der Waals surface area contributed by atoms with E-state index >= 15 is 0 Å². The predicted octanol–water partition coefficient (Wildman–Crippen LogP) is -1.40. The van der Waals surface area contributed by atoms with Crippen LogP contribution in [-0.2, 0) is 6.54 Å². The molecule has 1 aromatic heterocycles. The number of nitrogens with one attached hydrogen (secondary N) is 1. The zero-order chi connectivity index (χ0) is 6.69. The number of aromatic amines is 1. The van der Waals surface area contributed by atoms with Crippen molar-refractivity contribution < 1.29 is 0 Å². The first-order valence-electron chi connectivity index (χ1n) is 2.26. The molecule has 0 aliphatic heterocycles. The van der Waals surface area contributed by atoms with Gasteiger partial charge in [0.15, 0.2) is 0 Å². The van der Waals surface area contributed by atoms with Gasteiger partial charge in [-0.25, -0.2) is 9.89 Å². The predicted molar refractivity (Wildman–Crippen MR) is 29.5 cm³/mol. The van der Waals surface area contributed by atoms with E-state index in [0.717, 1.165) is 4.68 Å². The minimum Gasteiger partial charge on any atom is -0.244 e. The van der Waals surface area contributed by atoms with Gasteiger partial charge in [0.1, 0.15) is 6.54 Å². The van der Waals surface area contributed by atoms with Crippen LogP contribution in [0.5, 0.6) is 0 Å². The summed E-state index contributed by atoms with van der Waals surface area (Å²) in [5.74, 6) is 2.25. The molecule has 0 spiro atoms. The molecule has 0 bridgehead atoms. The molecule has 0 saturated heterocycles. The van der Waals surface area contributed by atoms with Gasteiger partial charge in [0, 0.05) is 0 Å². The number of terminal acetylenes is 1. The fourth-order valence-electron chi connectivity index (χ4n) is 0.407. The molecule has 1 N–H and O–H groups in total. The highest BCUT2D eigenvalue weighted by Gasteiger charge is 1.92. The third-order valence-electron chi connectivity index (χ3n) is 0.774. The monoisotopic (exact) mass is 124 g/mol. The van der Waals surface area contributed by atoms with Crippen molar-refractivity contribution in [2.24, 2.45) is 0 Å². The summed E-state index contributed by atoms with van der Waals surface area (Å²) in [5, 5.41) is 8.69. The zero-order valence-corrected chi connectivity index (χ0v) is 4.53. The largest absolute Gasteiger partial charge is 0.361 e. The second-order valence-corrected chi connectivity index (χ2v) is 1.37. The first kappa shape index (κ1) is 5.56. The van der Waals surface area contributed by atoms with Gasteiger partial charge in [-0.15, -0.1) is 6.42 Å². The topological polar surface area (TPSA) is 63.6 Å². The standard InChI is InChI=1S/C4H4N4O/c1-2-3-8-4(9)5-6-7-8/h1H,3H2,(H,5,7,9). The molecule has 5 heteroatoms. The minimum atomic E-state index is -0.382. The van der Waals surface area contributed by atoms with Crippen LogP contribution in [0.2, 0.25) is 0 Å². The number of aromatic nitrogens is 4. The lowest BCUT2D eigenvalue weighted by Crippen LogP contribution is -2.17. The van der Waals surface area contributed by atoms with Crippen molar-refractivity contribution in [2.75, 3.05) is 0 Å². The Kier molecular flexibility index (Phi) is 1.32. The Morgan fingerprint density at radius 2 is 2.67 bits per heavy atom. The van der Waals surface area contributed by atoms with Crippen LogP contribution in [0.1, 0.15) is 0 Å². The van der Waals surface area contributed by atoms with Crippen molar-refractivity contribution in [1.29, 1.82) is 0 Å². The first-order valence-corrected chi connectivity index (χ1v) is 2.26. The average molecular weight is 124 g/mol. The van der Waals surface area contributed by atoms with E-state index < -0.39 is 0 Å². The van der Waals surface area contributed by atoms with E-state index in [-0.39, 0.29) is 12.2 Å². The third-order valence-corrected chi connectivity index (χ3v) is 0.774. The highest BCUT2D eigenvalue weighted by molar-refractivity contribution is 4.82. The average Bonchev–Trinajstić information content (AvgIpc) is 2.18. The Balaban J connectivity index is 2.98. The van der Waals surface area contributed by atoms with Crippen LogP contribution in [0.25, 0.3) is 0 Å². The molecule has 0 saturated carbocycles. The summed E-state index contributed by atoms with van der Waals surface area (Å²) in [6.07, 6.45) is 4.90. The smallest absolute Gasteiger partial charge is 0.244 e. The van der Waals surface area contributed by atoms with Gasteiger partial charge < -0.3 is 0 Å². The second-order valence-electron chi connectivity index (χ2n) is 1.37. The van der Waals surface area contributed by atoms with Crippen molar-refractivity contribution in [3.8, 4) is 12.3 Å². The van der Waals surface area contributed by atoms with Crippen molar-refractivity contribution in [3.05, 3.63) is 10.5 Å². The molecule has 1 heterocycles. The van der Waals surface area contributed by atoms with Crippen LogP contribution in [-0.4, -0.2) is 20.2 Å². The van der Waals surface area contributed by atoms with Crippen LogP contribution in [0.4, 0.5) is 0 Å². The molecule has 0 aliphatic rings. The van der Waals surface area contributed by atoms with Crippen molar-refractivity contribution >= 4 is 0 Å². The fraction of sp³-hybridized carbons (Fsp3) is 0.250. The molecule has 1 rings (SSSR count). The molecular weight excluding hydrogens is 120 g/mol. The van der Waals surface area contributed by atoms with Crippen LogP contribution in [0.3, 0.4) is 0 Å². The lowest BCUT2D eigenvalue weighted by molar-refractivity contribution is 0.654. The lowest BCUT2D eigenvalue weighted by atomic mass is 10.7. The van der Waals surface area contributed by atoms with E-state index in [4.69, 9.17) is 6.42 Å². The van der Waals surface area contributed by atoms with Crippen molar-refractivity contribution in [2.45, 2.75) is 6.54 Å². The molecule has 46 valence electrons. The van der Waals surface area contributed by atoms with E-state index in [1.807, 2.05) is 0 Å². The summed E-state index contributed by atoms with van der Waals surface area (Å²) >= 11 is 0. The number of tetrazole rings is 1. The van der Waals surface area contributed by atoms with Gasteiger partial charge in [0.25, 0.3) is 0 Å². The molecule has 0 aromatic carbocycles. The molecule has 0 amide bonds. The quantitative estimate of drug-likeness (QED) is 0.468. The molecule has 9 heavy (non-hydrogen) atoms. The molecule has 5 nitrogen and oxygen atoms in total. The van der Waals surface area contributed by atoms with E-state index in [9.17, 15) is 4.79 Å². The Hall–Kier alpha value is -1.57. The van der Waals surface area contributed by atoms with Gasteiger partial charge in [-0.1, -0.05) is 5.92 Å². The molecule has 0 radical (unpaired) electrons. The molecular formula is C4H4N4O. The normalized spacial score (nSPS) is 8.78. The van der Waals surface area contributed by atoms with Gasteiger partial charge in [-0.3, -0.25) is 0 Å². The summed E-state index contributed by atoms with van der Waals surface area (Å²) < 4.78 is 1.06. The second kappa shape index (κ2) is 2.13. The van der Waals surface area contributed by atoms with Crippen LogP contribution >= 0.6 is 0 Å². The number of nitrogens with zero attached hydrogens (tertiary/aromatic N) is 3. The number of hydrogen-bond donors (Lipinski definition) is 1. The maximum atomic E-state index is 10.5. The highest BCUT2D eigenvalue weighted by atomic mass is 16.2. The van der Waals surface area contributed by atoms with E-state index in [1.165, 1.54) is 0 Å². The lowest BCUT2D eigenvalue weighted by Gasteiger charge is -1.82. The molecule has 1 aromatic rings. The summed E-state index contributed by atoms with van der Waals surface area (Å²) in [4.78, 5) is 10.5. The summed E-state index contributed by atoms with van der Waals surface area (Å²) in [5.41, 5.74) is -0.382. The maximum absolute atomic E-state index is 10.5. The van der Waals surface area contributed by atoms with Crippen molar-refractivity contribution in [3.63, 3.8) is 0 Å². The molecule has 0 unspecified atom stereocenters. The Morgan fingerprint density at radius 1 is 1.89 bits per heavy atom. The van der Waals surface area contributed by atoms with E-state index in [2.05, 4.69) is 21.4 Å². The van der Waals surface area contributed by atoms with Gasteiger partial charge in [-0.2, -0.15) is 4.68 Å². The maximum Gasteiger partial charge on any atom is 0.361 e. The van der Waals surface area contributed by atoms with Gasteiger partial charge in [0.2, 0.25) is 0 Å². The summed E-state index contributed by atoms with van der Waals surface area (Å²) in [6.45, 7) is 0.162. The Bertz CT molecular complexity index is 277. The number of hydrogen-bond acceptors (Lipinski definition) is 3. The number of rotatable bonds is 1. The Morgan fingerprint density at radius 3 is 3.11 bits per heavy atom. The Labute approximate surface area is 50.7 Å². The van der Waals surface area contributed by atoms with Crippen LogP contribution < -0.4 is 5.69 Å². The summed E-state index contributed by atoms with van der Waals surface area (Å²) in [6, 6.07) is 0. The van der Waals surface area contributed by atoms with Crippen LogP contribution in [0.15, 0.2) is 4.79 Å². The fourth-order valence-corrected chi connectivity index (χ4v) is 0.407. The van der Waals surface area contributed by atoms with Crippen LogP contribution in [0, 0.1) is 12.3 Å². The molecule has 0 atom stereocenters. The third kappa shape index (κ3) is 0.966. The molecule has 0 aliphatic carbocycles. The highest BCUT2D eigenvalue weighted by Crippen LogP contribution is 1.63. The van der Waals surface area contributed by atoms with Gasteiger partial charge >= 0.3 is 5.69 Å². The van der Waals surface area contributed by atoms with Crippen molar-refractivity contribution in [1.82, 2.24) is 20.2 Å². The summed E-state index contributed by atoms with van der Waals surface area (Å²) in [7, 11) is 0. The molecule has 0 fully saturated rings. The first-order chi connectivity index (χ1) is 4.34. The van der Waals surface area contributed by atoms with Gasteiger partial charge in [-0.05, 0) is 10.4 Å². The van der Waals surface area contributed by atoms with E-state index in [1.54, 1.807) is 0 Å². The van der Waals surface area contributed by atoms with Gasteiger partial charge in [0.05, 0.1) is 0 Å². The zero-order valence-electron chi connectivity index (χ0n) is 4.53. The number of H-pyrrole nitrogens is 1.